The highest BCUT2D eigenvalue weighted by Gasteiger charge is 2.06. The average Bonchev–Trinajstić information content (AvgIpc) is 2.33. The molecule has 0 saturated carbocycles. The molecule has 0 spiro atoms. The molecule has 0 fully saturated rings. The molecule has 1 heterocycles. The molecule has 0 radical (unpaired) electrons. The number of aromatic nitrogens is 1. The monoisotopic (exact) mass is 307 g/mol. The average molecular weight is 308 g/mol. The third kappa shape index (κ3) is 3.09. The van der Waals surface area contributed by atoms with Crippen LogP contribution in [0, 0.1) is 6.92 Å². The molecule has 1 aromatic carbocycles. The molecule has 0 aliphatic rings. The highest BCUT2D eigenvalue weighted by molar-refractivity contribution is 9.10. The van der Waals surface area contributed by atoms with Crippen molar-refractivity contribution in [1.82, 2.24) is 4.98 Å². The van der Waals surface area contributed by atoms with Gasteiger partial charge in [0, 0.05) is 16.7 Å². The number of aliphatic hydroxyl groups is 1. The van der Waals surface area contributed by atoms with E-state index in [0.717, 1.165) is 21.3 Å². The topological polar surface area (TPSA) is 42.4 Å². The molecule has 0 aliphatic heterocycles. The van der Waals surface area contributed by atoms with Crippen molar-refractivity contribution in [2.75, 3.05) is 0 Å². The lowest BCUT2D eigenvalue weighted by atomic mass is 10.2. The maximum atomic E-state index is 9.52. The van der Waals surface area contributed by atoms with Crippen LogP contribution in [0.25, 0.3) is 0 Å². The molecule has 0 bridgehead atoms. The quantitative estimate of drug-likeness (QED) is 0.932. The Morgan fingerprint density at radius 2 is 2.06 bits per heavy atom. The van der Waals surface area contributed by atoms with E-state index in [2.05, 4.69) is 20.9 Å². The van der Waals surface area contributed by atoms with Crippen LogP contribution in [0.3, 0.4) is 0 Å². The van der Waals surface area contributed by atoms with E-state index in [1.165, 1.54) is 0 Å². The van der Waals surface area contributed by atoms with Crippen molar-refractivity contribution in [2.45, 2.75) is 20.0 Å². The molecule has 18 heavy (non-hydrogen) atoms. The minimum atomic E-state index is -0.527. The zero-order chi connectivity index (χ0) is 13.1. The highest BCUT2D eigenvalue weighted by atomic mass is 79.9. The van der Waals surface area contributed by atoms with E-state index >= 15 is 0 Å². The van der Waals surface area contributed by atoms with Crippen molar-refractivity contribution >= 4 is 15.9 Å². The van der Waals surface area contributed by atoms with Crippen LogP contribution >= 0.6 is 15.9 Å². The summed E-state index contributed by atoms with van der Waals surface area (Å²) >= 11 is 3.41. The normalized spacial score (nSPS) is 12.2. The predicted molar refractivity (Wildman–Crippen MR) is 73.8 cm³/mol. The van der Waals surface area contributed by atoms with Gasteiger partial charge in [0.1, 0.15) is 5.75 Å². The van der Waals surface area contributed by atoms with Gasteiger partial charge in [0.25, 0.3) is 0 Å². The summed E-state index contributed by atoms with van der Waals surface area (Å²) in [5.41, 5.74) is 1.81. The first-order valence-electron chi connectivity index (χ1n) is 5.64. The second kappa shape index (κ2) is 5.50. The van der Waals surface area contributed by atoms with E-state index in [9.17, 15) is 5.11 Å². The summed E-state index contributed by atoms with van der Waals surface area (Å²) in [6, 6.07) is 9.29. The van der Waals surface area contributed by atoms with Gasteiger partial charge in [-0.3, -0.25) is 0 Å². The van der Waals surface area contributed by atoms with Gasteiger partial charge in [0.2, 0.25) is 5.88 Å². The molecule has 0 amide bonds. The van der Waals surface area contributed by atoms with E-state index in [1.807, 2.05) is 25.1 Å². The Bertz CT molecular complexity index is 555. The first kappa shape index (κ1) is 13.1. The van der Waals surface area contributed by atoms with Gasteiger partial charge in [-0.15, -0.1) is 0 Å². The third-order valence-electron chi connectivity index (χ3n) is 2.59. The van der Waals surface area contributed by atoms with Gasteiger partial charge in [-0.25, -0.2) is 4.98 Å². The highest BCUT2D eigenvalue weighted by Crippen LogP contribution is 2.27. The number of ether oxygens (including phenoxy) is 1. The molecule has 1 unspecified atom stereocenters. The summed E-state index contributed by atoms with van der Waals surface area (Å²) in [4.78, 5) is 4.14. The number of benzene rings is 1. The number of hydrogen-bond acceptors (Lipinski definition) is 3. The number of hydrogen-bond donors (Lipinski definition) is 1. The van der Waals surface area contributed by atoms with Gasteiger partial charge in [-0.2, -0.15) is 0 Å². The number of nitrogens with zero attached hydrogens (tertiary/aromatic N) is 1. The Balaban J connectivity index is 2.25. The van der Waals surface area contributed by atoms with Gasteiger partial charge in [-0.1, -0.05) is 15.9 Å². The van der Waals surface area contributed by atoms with Gasteiger partial charge >= 0.3 is 0 Å². The molecule has 0 saturated heterocycles. The second-order valence-electron chi connectivity index (χ2n) is 4.12. The zero-order valence-corrected chi connectivity index (χ0v) is 11.8. The van der Waals surface area contributed by atoms with Crippen LogP contribution in [0.2, 0.25) is 0 Å². The molecule has 94 valence electrons. The molecule has 2 rings (SSSR count). The lowest BCUT2D eigenvalue weighted by molar-refractivity contribution is 0.198. The van der Waals surface area contributed by atoms with Crippen molar-refractivity contribution in [3.05, 3.63) is 52.1 Å². The van der Waals surface area contributed by atoms with E-state index in [0.29, 0.717) is 5.88 Å². The number of pyridine rings is 1. The largest absolute Gasteiger partial charge is 0.439 e. The van der Waals surface area contributed by atoms with Crippen molar-refractivity contribution in [3.8, 4) is 11.6 Å². The van der Waals surface area contributed by atoms with Crippen molar-refractivity contribution in [2.24, 2.45) is 0 Å². The Kier molecular flexibility index (Phi) is 3.99. The maximum Gasteiger partial charge on any atom is 0.219 e. The van der Waals surface area contributed by atoms with Crippen LogP contribution in [-0.2, 0) is 0 Å². The fourth-order valence-electron chi connectivity index (χ4n) is 1.58. The molecular weight excluding hydrogens is 294 g/mol. The van der Waals surface area contributed by atoms with E-state index in [1.54, 1.807) is 25.3 Å². The van der Waals surface area contributed by atoms with Crippen LogP contribution in [0.1, 0.15) is 24.2 Å². The number of halogens is 1. The van der Waals surface area contributed by atoms with Crippen LogP contribution in [0.5, 0.6) is 11.6 Å². The van der Waals surface area contributed by atoms with Crippen LogP contribution in [-0.4, -0.2) is 10.1 Å². The smallest absolute Gasteiger partial charge is 0.219 e. The van der Waals surface area contributed by atoms with Crippen molar-refractivity contribution in [1.29, 1.82) is 0 Å². The van der Waals surface area contributed by atoms with E-state index in [-0.39, 0.29) is 0 Å². The van der Waals surface area contributed by atoms with Crippen molar-refractivity contribution < 1.29 is 9.84 Å². The van der Waals surface area contributed by atoms with Crippen LogP contribution < -0.4 is 4.74 Å². The molecule has 2 aromatic rings. The standard InChI is InChI=1S/C14H14BrNO2/c1-9-7-12(15)3-4-13(9)18-14-8-11(10(2)17)5-6-16-14/h3-8,10,17H,1-2H3. The molecule has 1 atom stereocenters. The van der Waals surface area contributed by atoms with Gasteiger partial charge in [0.15, 0.2) is 0 Å². The Labute approximate surface area is 115 Å². The van der Waals surface area contributed by atoms with E-state index < -0.39 is 6.10 Å². The number of aliphatic hydroxyl groups excluding tert-OH is 1. The van der Waals surface area contributed by atoms with Gasteiger partial charge in [0.05, 0.1) is 6.10 Å². The third-order valence-corrected chi connectivity index (χ3v) is 3.09. The number of rotatable bonds is 3. The summed E-state index contributed by atoms with van der Waals surface area (Å²) in [5, 5.41) is 9.52. The predicted octanol–water partition coefficient (Wildman–Crippen LogP) is 4.00. The lowest BCUT2D eigenvalue weighted by Crippen LogP contribution is -1.95. The zero-order valence-electron chi connectivity index (χ0n) is 10.2. The Morgan fingerprint density at radius 1 is 1.28 bits per heavy atom. The summed E-state index contributed by atoms with van der Waals surface area (Å²) in [7, 11) is 0. The van der Waals surface area contributed by atoms with Gasteiger partial charge in [-0.05, 0) is 49.2 Å². The maximum absolute atomic E-state index is 9.52. The molecule has 4 heteroatoms. The Morgan fingerprint density at radius 3 is 2.72 bits per heavy atom. The molecule has 1 N–H and O–H groups in total. The fraction of sp³-hybridized carbons (Fsp3) is 0.214. The fourth-order valence-corrected chi connectivity index (χ4v) is 2.06. The van der Waals surface area contributed by atoms with Crippen LogP contribution in [0.4, 0.5) is 0 Å². The summed E-state index contributed by atoms with van der Waals surface area (Å²) < 4.78 is 6.72. The van der Waals surface area contributed by atoms with Crippen LogP contribution in [0.15, 0.2) is 41.0 Å². The summed E-state index contributed by atoms with van der Waals surface area (Å²) in [6.45, 7) is 3.68. The SMILES string of the molecule is Cc1cc(Br)ccc1Oc1cc(C(C)O)ccn1. The minimum absolute atomic E-state index is 0.485. The molecule has 1 aromatic heterocycles. The number of aryl methyl sites for hydroxylation is 1. The minimum Gasteiger partial charge on any atom is -0.439 e. The molecule has 0 aliphatic carbocycles. The molecular formula is C14H14BrNO2. The summed E-state index contributed by atoms with van der Waals surface area (Å²) in [6.07, 6.45) is 1.10. The van der Waals surface area contributed by atoms with Gasteiger partial charge < -0.3 is 9.84 Å². The lowest BCUT2D eigenvalue weighted by Gasteiger charge is -2.10. The second-order valence-corrected chi connectivity index (χ2v) is 5.03. The van der Waals surface area contributed by atoms with Crippen molar-refractivity contribution in [3.63, 3.8) is 0 Å². The first-order valence-corrected chi connectivity index (χ1v) is 6.43. The molecule has 3 nitrogen and oxygen atoms in total. The first-order chi connectivity index (χ1) is 8.56. The summed E-state index contributed by atoms with van der Waals surface area (Å²) in [5.74, 6) is 1.24. The van der Waals surface area contributed by atoms with E-state index in [4.69, 9.17) is 4.74 Å². The Hall–Kier alpha value is -1.39.